The van der Waals surface area contributed by atoms with Crippen LogP contribution in [0.5, 0.6) is 5.75 Å². The van der Waals surface area contributed by atoms with Crippen molar-refractivity contribution in [2.45, 2.75) is 25.9 Å². The Morgan fingerprint density at radius 2 is 2.00 bits per heavy atom. The van der Waals surface area contributed by atoms with Crippen LogP contribution in [0.3, 0.4) is 0 Å². The molecule has 0 aliphatic carbocycles. The van der Waals surface area contributed by atoms with E-state index in [0.717, 1.165) is 6.42 Å². The van der Waals surface area contributed by atoms with Gasteiger partial charge in [-0.05, 0) is 30.5 Å². The lowest BCUT2D eigenvalue weighted by atomic mass is 10.1. The van der Waals surface area contributed by atoms with Crippen LogP contribution in [0.25, 0.3) is 0 Å². The number of hydrogen-bond donors (Lipinski definition) is 0. The molecule has 0 N–H and O–H groups in total. The number of rotatable bonds is 4. The highest BCUT2D eigenvalue weighted by atomic mass is 16.5. The number of nitrogens with zero attached hydrogens (tertiary/aromatic N) is 2. The summed E-state index contributed by atoms with van der Waals surface area (Å²) >= 11 is 0. The molecule has 1 amide bonds. The van der Waals surface area contributed by atoms with Gasteiger partial charge in [0.2, 0.25) is 0 Å². The summed E-state index contributed by atoms with van der Waals surface area (Å²) in [6, 6.07) is 13.9. The van der Waals surface area contributed by atoms with Crippen LogP contribution in [0.4, 0.5) is 5.82 Å². The average molecular weight is 282 g/mol. The minimum atomic E-state index is -0.405. The Balaban J connectivity index is 1.83. The Morgan fingerprint density at radius 1 is 1.19 bits per heavy atom. The summed E-state index contributed by atoms with van der Waals surface area (Å²) in [5.74, 6) is 1.32. The van der Waals surface area contributed by atoms with E-state index < -0.39 is 6.10 Å². The Kier molecular flexibility index (Phi) is 3.86. The van der Waals surface area contributed by atoms with Gasteiger partial charge < -0.3 is 4.74 Å². The van der Waals surface area contributed by atoms with Crippen LogP contribution < -0.4 is 9.64 Å². The standard InChI is InChI=1S/C17H18N2O2/c1-2-14-17(20)19(12-10-13-7-4-3-5-8-13)16-15(21-14)9-6-11-18-16/h3-9,11,14H,2,10,12H2,1H3. The molecule has 108 valence electrons. The van der Waals surface area contributed by atoms with Crippen molar-refractivity contribution in [3.63, 3.8) is 0 Å². The zero-order valence-corrected chi connectivity index (χ0v) is 12.0. The summed E-state index contributed by atoms with van der Waals surface area (Å²) in [6.45, 7) is 2.58. The smallest absolute Gasteiger partial charge is 0.269 e. The number of benzene rings is 1. The van der Waals surface area contributed by atoms with Crippen molar-refractivity contribution in [3.8, 4) is 5.75 Å². The van der Waals surface area contributed by atoms with Crippen LogP contribution in [-0.4, -0.2) is 23.5 Å². The molecule has 0 saturated heterocycles. The lowest BCUT2D eigenvalue weighted by Crippen LogP contribution is -2.46. The molecule has 21 heavy (non-hydrogen) atoms. The van der Waals surface area contributed by atoms with Gasteiger partial charge in [0.25, 0.3) is 5.91 Å². The summed E-state index contributed by atoms with van der Waals surface area (Å²) < 4.78 is 5.72. The van der Waals surface area contributed by atoms with Crippen LogP contribution >= 0.6 is 0 Å². The summed E-state index contributed by atoms with van der Waals surface area (Å²) in [4.78, 5) is 18.6. The first-order chi connectivity index (χ1) is 10.3. The van der Waals surface area contributed by atoms with Crippen LogP contribution in [0.15, 0.2) is 48.7 Å². The highest BCUT2D eigenvalue weighted by Gasteiger charge is 2.33. The lowest BCUT2D eigenvalue weighted by molar-refractivity contribution is -0.126. The third-order valence-corrected chi connectivity index (χ3v) is 3.65. The number of fused-ring (bicyclic) bond motifs is 1. The third-order valence-electron chi connectivity index (χ3n) is 3.65. The zero-order chi connectivity index (χ0) is 14.7. The molecule has 1 aliphatic rings. The van der Waals surface area contributed by atoms with Crippen molar-refractivity contribution >= 4 is 11.7 Å². The molecule has 4 nitrogen and oxygen atoms in total. The summed E-state index contributed by atoms with van der Waals surface area (Å²) in [5, 5.41) is 0. The van der Waals surface area contributed by atoms with Gasteiger partial charge in [0.15, 0.2) is 17.7 Å². The maximum absolute atomic E-state index is 12.5. The van der Waals surface area contributed by atoms with Crippen LogP contribution in [-0.2, 0) is 11.2 Å². The van der Waals surface area contributed by atoms with E-state index in [1.807, 2.05) is 37.3 Å². The normalized spacial score (nSPS) is 17.3. The van der Waals surface area contributed by atoms with Crippen LogP contribution in [0, 0.1) is 0 Å². The fraction of sp³-hybridized carbons (Fsp3) is 0.294. The molecule has 0 fully saturated rings. The van der Waals surface area contributed by atoms with Crippen molar-refractivity contribution in [2.75, 3.05) is 11.4 Å². The summed E-state index contributed by atoms with van der Waals surface area (Å²) in [5.41, 5.74) is 1.21. The second-order valence-corrected chi connectivity index (χ2v) is 5.07. The van der Waals surface area contributed by atoms with Gasteiger partial charge in [0.1, 0.15) is 0 Å². The van der Waals surface area contributed by atoms with Gasteiger partial charge in [-0.3, -0.25) is 9.69 Å². The largest absolute Gasteiger partial charge is 0.477 e. The van der Waals surface area contributed by atoms with E-state index >= 15 is 0 Å². The van der Waals surface area contributed by atoms with E-state index in [-0.39, 0.29) is 5.91 Å². The van der Waals surface area contributed by atoms with Gasteiger partial charge in [-0.2, -0.15) is 0 Å². The van der Waals surface area contributed by atoms with Crippen molar-refractivity contribution in [1.29, 1.82) is 0 Å². The number of carbonyl (C=O) groups is 1. The first kappa shape index (κ1) is 13.6. The molecule has 3 rings (SSSR count). The molecule has 0 bridgehead atoms. The molecule has 1 aliphatic heterocycles. The highest BCUT2D eigenvalue weighted by Crippen LogP contribution is 2.32. The Labute approximate surface area is 124 Å². The maximum Gasteiger partial charge on any atom is 0.269 e. The molecule has 2 aromatic rings. The number of pyridine rings is 1. The molecule has 1 atom stereocenters. The first-order valence-corrected chi connectivity index (χ1v) is 7.26. The van der Waals surface area contributed by atoms with E-state index in [4.69, 9.17) is 4.74 Å². The van der Waals surface area contributed by atoms with Crippen molar-refractivity contribution in [2.24, 2.45) is 0 Å². The van der Waals surface area contributed by atoms with Crippen LogP contribution in [0.1, 0.15) is 18.9 Å². The number of ether oxygens (including phenoxy) is 1. The SMILES string of the molecule is CCC1Oc2cccnc2N(CCc2ccccc2)C1=O. The molecule has 4 heteroatoms. The van der Waals surface area contributed by atoms with E-state index in [1.54, 1.807) is 11.1 Å². The monoisotopic (exact) mass is 282 g/mol. The van der Waals surface area contributed by atoms with Gasteiger partial charge in [0.05, 0.1) is 0 Å². The molecule has 2 heterocycles. The molecule has 0 radical (unpaired) electrons. The Morgan fingerprint density at radius 3 is 2.76 bits per heavy atom. The number of anilines is 1. The number of amides is 1. The predicted molar refractivity (Wildman–Crippen MR) is 81.4 cm³/mol. The maximum atomic E-state index is 12.5. The number of carbonyl (C=O) groups excluding carboxylic acids is 1. The molecule has 1 unspecified atom stereocenters. The third kappa shape index (κ3) is 2.75. The highest BCUT2D eigenvalue weighted by molar-refractivity contribution is 5.98. The molecular formula is C17H18N2O2. The Hall–Kier alpha value is -2.36. The molecular weight excluding hydrogens is 264 g/mol. The zero-order valence-electron chi connectivity index (χ0n) is 12.0. The van der Waals surface area contributed by atoms with Gasteiger partial charge >= 0.3 is 0 Å². The molecule has 0 spiro atoms. The first-order valence-electron chi connectivity index (χ1n) is 7.26. The molecule has 1 aromatic carbocycles. The summed E-state index contributed by atoms with van der Waals surface area (Å²) in [7, 11) is 0. The molecule has 1 aromatic heterocycles. The minimum absolute atomic E-state index is 0.000342. The number of hydrogen-bond acceptors (Lipinski definition) is 3. The fourth-order valence-corrected chi connectivity index (χ4v) is 2.52. The van der Waals surface area contributed by atoms with Crippen molar-refractivity contribution in [3.05, 3.63) is 54.2 Å². The Bertz CT molecular complexity index is 628. The van der Waals surface area contributed by atoms with Crippen molar-refractivity contribution < 1.29 is 9.53 Å². The molecule has 0 saturated carbocycles. The topological polar surface area (TPSA) is 42.4 Å². The van der Waals surface area contributed by atoms with Gasteiger partial charge in [-0.15, -0.1) is 0 Å². The minimum Gasteiger partial charge on any atom is -0.477 e. The second-order valence-electron chi connectivity index (χ2n) is 5.07. The average Bonchev–Trinajstić information content (AvgIpc) is 2.54. The lowest BCUT2D eigenvalue weighted by Gasteiger charge is -2.32. The van der Waals surface area contributed by atoms with Gasteiger partial charge in [-0.1, -0.05) is 37.3 Å². The van der Waals surface area contributed by atoms with Gasteiger partial charge in [-0.25, -0.2) is 4.98 Å². The van der Waals surface area contributed by atoms with Crippen LogP contribution in [0.2, 0.25) is 0 Å². The number of aromatic nitrogens is 1. The van der Waals surface area contributed by atoms with Gasteiger partial charge in [0, 0.05) is 12.7 Å². The van der Waals surface area contributed by atoms with Crippen molar-refractivity contribution in [1.82, 2.24) is 4.98 Å². The van der Waals surface area contributed by atoms with E-state index in [9.17, 15) is 4.79 Å². The second kappa shape index (κ2) is 5.95. The quantitative estimate of drug-likeness (QED) is 0.866. The van der Waals surface area contributed by atoms with E-state index in [0.29, 0.717) is 24.5 Å². The van der Waals surface area contributed by atoms with E-state index in [2.05, 4.69) is 17.1 Å². The predicted octanol–water partition coefficient (Wildman–Crippen LogP) is 2.83. The fourth-order valence-electron chi connectivity index (χ4n) is 2.52. The van der Waals surface area contributed by atoms with E-state index in [1.165, 1.54) is 5.56 Å². The summed E-state index contributed by atoms with van der Waals surface area (Å²) in [6.07, 6.45) is 2.75.